The lowest BCUT2D eigenvalue weighted by atomic mass is 9.88. The molecule has 0 radical (unpaired) electrons. The lowest BCUT2D eigenvalue weighted by Gasteiger charge is -2.50. The summed E-state index contributed by atoms with van der Waals surface area (Å²) in [5, 5.41) is -0.812. The second kappa shape index (κ2) is 8.12. The number of hydrogen-bond donors (Lipinski definition) is 0. The van der Waals surface area contributed by atoms with Crippen molar-refractivity contribution >= 4 is 10.8 Å². The van der Waals surface area contributed by atoms with Crippen LogP contribution in [0, 0.1) is 34.7 Å². The summed E-state index contributed by atoms with van der Waals surface area (Å²) in [6.45, 7) is 4.91. The van der Waals surface area contributed by atoms with Gasteiger partial charge in [-0.3, -0.25) is 0 Å². The predicted octanol–water partition coefficient (Wildman–Crippen LogP) is 6.20. The molecule has 0 aliphatic carbocycles. The summed E-state index contributed by atoms with van der Waals surface area (Å²) in [7, 11) is 0. The van der Waals surface area contributed by atoms with Crippen LogP contribution in [0.3, 0.4) is 0 Å². The van der Waals surface area contributed by atoms with Crippen molar-refractivity contribution < 1.29 is 40.6 Å². The van der Waals surface area contributed by atoms with Crippen molar-refractivity contribution in [2.45, 2.75) is 12.1 Å². The van der Waals surface area contributed by atoms with Gasteiger partial charge >= 0.3 is 12.1 Å². The van der Waals surface area contributed by atoms with E-state index in [1.54, 1.807) is 30.3 Å². The largest absolute Gasteiger partial charge is 0.458 e. The van der Waals surface area contributed by atoms with Crippen LogP contribution in [0.5, 0.6) is 0 Å². The van der Waals surface area contributed by atoms with Gasteiger partial charge in [0.2, 0.25) is 0 Å². The molecule has 3 heterocycles. The summed E-state index contributed by atoms with van der Waals surface area (Å²) in [5.41, 5.74) is -0.157. The van der Waals surface area contributed by atoms with Gasteiger partial charge in [-0.2, -0.15) is 13.2 Å². The van der Waals surface area contributed by atoms with E-state index in [4.69, 9.17) is 14.2 Å². The Morgan fingerprint density at radius 1 is 0.857 bits per heavy atom. The van der Waals surface area contributed by atoms with Crippen LogP contribution < -0.4 is 0 Å². The summed E-state index contributed by atoms with van der Waals surface area (Å²) >= 11 is 0. The molecule has 0 atom stereocenters. The third kappa shape index (κ3) is 4.08. The van der Waals surface area contributed by atoms with Gasteiger partial charge in [-0.25, -0.2) is 13.2 Å². The highest BCUT2D eigenvalue weighted by Gasteiger charge is 2.52. The Kier molecular flexibility index (Phi) is 5.44. The van der Waals surface area contributed by atoms with Gasteiger partial charge in [0.05, 0.1) is 36.2 Å². The zero-order valence-corrected chi connectivity index (χ0v) is 17.9. The molecule has 3 aliphatic rings. The van der Waals surface area contributed by atoms with Crippen molar-refractivity contribution in [2.75, 3.05) is 19.8 Å². The molecule has 35 heavy (non-hydrogen) atoms. The van der Waals surface area contributed by atoms with E-state index in [2.05, 4.69) is 6.58 Å². The van der Waals surface area contributed by atoms with Crippen LogP contribution in [0.4, 0.5) is 26.3 Å². The molecule has 6 rings (SSSR count). The average Bonchev–Trinajstić information content (AvgIpc) is 2.84. The van der Waals surface area contributed by atoms with E-state index in [-0.39, 0.29) is 5.39 Å². The van der Waals surface area contributed by atoms with E-state index in [0.29, 0.717) is 36.5 Å². The smallest absolute Gasteiger partial charge is 0.322 e. The molecule has 3 aromatic carbocycles. The summed E-state index contributed by atoms with van der Waals surface area (Å²) < 4.78 is 98.3. The zero-order valence-electron chi connectivity index (χ0n) is 17.9. The molecule has 3 fully saturated rings. The average molecular weight is 490 g/mol. The molecule has 0 N–H and O–H groups in total. The topological polar surface area (TPSA) is 27.7 Å². The minimum absolute atomic E-state index is 0.162. The summed E-state index contributed by atoms with van der Waals surface area (Å²) in [6, 6.07) is 9.72. The first-order valence-corrected chi connectivity index (χ1v) is 10.4. The molecule has 0 saturated carbocycles. The molecule has 3 saturated heterocycles. The number of alkyl halides is 3. The van der Waals surface area contributed by atoms with Crippen LogP contribution in [-0.4, -0.2) is 26.0 Å². The van der Waals surface area contributed by atoms with Gasteiger partial charge in [0.1, 0.15) is 11.6 Å². The molecule has 180 valence electrons. The molecule has 9 heteroatoms. The molecule has 0 aromatic heterocycles. The number of hydrogen-bond acceptors (Lipinski definition) is 3. The van der Waals surface area contributed by atoms with Gasteiger partial charge in [-0.05, 0) is 34.7 Å². The lowest BCUT2D eigenvalue weighted by molar-refractivity contribution is -0.473. The molecule has 0 unspecified atom stereocenters. The van der Waals surface area contributed by atoms with Crippen molar-refractivity contribution in [3.8, 4) is 23.0 Å². The molecular formula is C26H16F6O3. The number of fused-ring (bicyclic) bond motifs is 4. The number of rotatable bonds is 3. The van der Waals surface area contributed by atoms with Gasteiger partial charge in [0.15, 0.2) is 5.82 Å². The van der Waals surface area contributed by atoms with E-state index >= 15 is 0 Å². The fourth-order valence-electron chi connectivity index (χ4n) is 4.09. The Bertz CT molecular complexity index is 1370. The lowest BCUT2D eigenvalue weighted by Crippen LogP contribution is -2.57. The highest BCUT2D eigenvalue weighted by Crippen LogP contribution is 2.45. The van der Waals surface area contributed by atoms with Crippen molar-refractivity contribution in [3.05, 3.63) is 83.7 Å². The fourth-order valence-corrected chi connectivity index (χ4v) is 4.09. The normalized spacial score (nSPS) is 23.7. The van der Waals surface area contributed by atoms with E-state index in [1.807, 2.05) is 0 Å². The van der Waals surface area contributed by atoms with Crippen molar-refractivity contribution in [1.82, 2.24) is 0 Å². The highest BCUT2D eigenvalue weighted by atomic mass is 19.4. The SMILES string of the molecule is C=CC12COC(c3ccc(-c4cc(F)c5c(F)c(C#CC(F)(F)F)c(F)cc5c4)cc3)(OC1)OC2. The van der Waals surface area contributed by atoms with Crippen LogP contribution in [0.1, 0.15) is 11.1 Å². The van der Waals surface area contributed by atoms with Crippen molar-refractivity contribution in [3.63, 3.8) is 0 Å². The molecule has 0 amide bonds. The zero-order chi connectivity index (χ0) is 25.0. The Hall–Kier alpha value is -3.32. The van der Waals surface area contributed by atoms with E-state index in [1.165, 1.54) is 12.0 Å². The summed E-state index contributed by atoms with van der Waals surface area (Å²) in [6.07, 6.45) is -3.21. The first kappa shape index (κ1) is 23.4. The quantitative estimate of drug-likeness (QED) is 0.249. The molecule has 3 nitrogen and oxygen atoms in total. The summed E-state index contributed by atoms with van der Waals surface area (Å²) in [5.74, 6) is -3.04. The van der Waals surface area contributed by atoms with Crippen molar-refractivity contribution in [2.24, 2.45) is 5.41 Å². The minimum atomic E-state index is -4.95. The second-order valence-corrected chi connectivity index (χ2v) is 8.42. The number of benzene rings is 3. The molecule has 3 aromatic rings. The molecule has 3 aliphatic heterocycles. The first-order valence-electron chi connectivity index (χ1n) is 10.4. The molecule has 0 spiro atoms. The number of ether oxygens (including phenoxy) is 3. The monoisotopic (exact) mass is 490 g/mol. The molecule has 2 bridgehead atoms. The predicted molar refractivity (Wildman–Crippen MR) is 114 cm³/mol. The van der Waals surface area contributed by atoms with Crippen LogP contribution in [0.15, 0.2) is 55.1 Å². The maximum absolute atomic E-state index is 14.8. The number of halogens is 6. The third-order valence-electron chi connectivity index (χ3n) is 6.06. The first-order chi connectivity index (χ1) is 16.5. The van der Waals surface area contributed by atoms with E-state index in [0.717, 1.165) is 18.1 Å². The van der Waals surface area contributed by atoms with E-state index in [9.17, 15) is 26.3 Å². The molecular weight excluding hydrogens is 474 g/mol. The Balaban J connectivity index is 1.49. The highest BCUT2D eigenvalue weighted by molar-refractivity contribution is 5.89. The Morgan fingerprint density at radius 2 is 1.49 bits per heavy atom. The van der Waals surface area contributed by atoms with Gasteiger partial charge in [0, 0.05) is 11.5 Å². The minimum Gasteiger partial charge on any atom is -0.322 e. The van der Waals surface area contributed by atoms with Gasteiger partial charge in [-0.15, -0.1) is 6.58 Å². The Labute approximate surface area is 195 Å². The van der Waals surface area contributed by atoms with Gasteiger partial charge in [-0.1, -0.05) is 36.3 Å². The Morgan fingerprint density at radius 3 is 2.06 bits per heavy atom. The van der Waals surface area contributed by atoms with Crippen LogP contribution >= 0.6 is 0 Å². The van der Waals surface area contributed by atoms with Crippen LogP contribution in [0.2, 0.25) is 0 Å². The third-order valence-corrected chi connectivity index (χ3v) is 6.06. The van der Waals surface area contributed by atoms with Crippen LogP contribution in [0.25, 0.3) is 21.9 Å². The van der Waals surface area contributed by atoms with Crippen LogP contribution in [-0.2, 0) is 20.2 Å². The van der Waals surface area contributed by atoms with Crippen molar-refractivity contribution in [1.29, 1.82) is 0 Å². The maximum atomic E-state index is 14.8. The van der Waals surface area contributed by atoms with Gasteiger partial charge in [0.25, 0.3) is 0 Å². The van der Waals surface area contributed by atoms with Gasteiger partial charge < -0.3 is 14.2 Å². The standard InChI is InChI=1S/C26H16F6O3/c1-2-24-12-33-26(34-13-24,35-14-24)18-5-3-15(4-6-18)16-9-17-11-20(27)19(7-8-25(30,31)32)23(29)22(17)21(28)10-16/h2-6,9-11H,1,12-14H2. The second-order valence-electron chi connectivity index (χ2n) is 8.42. The summed E-state index contributed by atoms with van der Waals surface area (Å²) in [4.78, 5) is 0. The maximum Gasteiger partial charge on any atom is 0.458 e. The van der Waals surface area contributed by atoms with E-state index < -0.39 is 46.0 Å². The fraction of sp³-hybridized carbons (Fsp3) is 0.231.